The van der Waals surface area contributed by atoms with Crippen molar-refractivity contribution in [2.75, 3.05) is 32.7 Å². The van der Waals surface area contributed by atoms with Crippen LogP contribution in [-0.2, 0) is 19.5 Å². The molecule has 0 aliphatic carbocycles. The summed E-state index contributed by atoms with van der Waals surface area (Å²) in [7, 11) is 0. The Labute approximate surface area is 215 Å². The van der Waals surface area contributed by atoms with Gasteiger partial charge in [0.05, 0.1) is 11.1 Å². The van der Waals surface area contributed by atoms with Crippen molar-refractivity contribution < 1.29 is 4.39 Å². The van der Waals surface area contributed by atoms with Crippen LogP contribution in [-0.4, -0.2) is 52.3 Å². The lowest BCUT2D eigenvalue weighted by atomic mass is 10.0. The van der Waals surface area contributed by atoms with E-state index in [0.29, 0.717) is 18.4 Å². The molecule has 1 aliphatic rings. The minimum absolute atomic E-state index is 0.0544. The van der Waals surface area contributed by atoms with E-state index in [-0.39, 0.29) is 11.4 Å². The fourth-order valence-electron chi connectivity index (χ4n) is 4.85. The second-order valence-corrected chi connectivity index (χ2v) is 9.86. The third kappa shape index (κ3) is 6.01. The molecule has 0 unspecified atom stereocenters. The Morgan fingerprint density at radius 3 is 2.14 bits per heavy atom. The van der Waals surface area contributed by atoms with Crippen LogP contribution in [0.5, 0.6) is 0 Å². The first-order valence-electron chi connectivity index (χ1n) is 12.5. The molecule has 1 aromatic heterocycles. The van der Waals surface area contributed by atoms with Gasteiger partial charge in [0.2, 0.25) is 0 Å². The lowest BCUT2D eigenvalue weighted by molar-refractivity contribution is 0.124. The van der Waals surface area contributed by atoms with Crippen LogP contribution >= 0.6 is 11.6 Å². The summed E-state index contributed by atoms with van der Waals surface area (Å²) < 4.78 is 15.0. The topological polar surface area (TPSA) is 41.4 Å². The molecule has 0 spiro atoms. The minimum atomic E-state index is -0.257. The van der Waals surface area contributed by atoms with Crippen LogP contribution in [0.2, 0.25) is 5.02 Å². The zero-order valence-electron chi connectivity index (χ0n) is 20.2. The Morgan fingerprint density at radius 2 is 1.42 bits per heavy atom. The summed E-state index contributed by atoms with van der Waals surface area (Å²) >= 11 is 6.00. The number of piperazine rings is 1. The number of hydrogen-bond donors (Lipinski definition) is 0. The van der Waals surface area contributed by atoms with Crippen molar-refractivity contribution >= 4 is 22.4 Å². The van der Waals surface area contributed by atoms with Gasteiger partial charge in [-0.3, -0.25) is 9.69 Å². The van der Waals surface area contributed by atoms with Crippen LogP contribution in [0.4, 0.5) is 4.39 Å². The number of halogens is 2. The van der Waals surface area contributed by atoms with E-state index in [0.717, 1.165) is 67.4 Å². The highest BCUT2D eigenvalue weighted by Crippen LogP contribution is 2.18. The maximum Gasteiger partial charge on any atom is 0.274 e. The summed E-state index contributed by atoms with van der Waals surface area (Å²) in [6.45, 7) is 6.54. The van der Waals surface area contributed by atoms with Crippen LogP contribution in [0.3, 0.4) is 0 Å². The van der Waals surface area contributed by atoms with Gasteiger partial charge in [0.25, 0.3) is 5.56 Å². The van der Waals surface area contributed by atoms with Gasteiger partial charge < -0.3 is 4.90 Å². The first-order valence-corrected chi connectivity index (χ1v) is 12.9. The molecule has 186 valence electrons. The number of benzene rings is 3. The van der Waals surface area contributed by atoms with Gasteiger partial charge >= 0.3 is 0 Å². The molecule has 2 heterocycles. The molecule has 0 saturated carbocycles. The Morgan fingerprint density at radius 1 is 0.778 bits per heavy atom. The minimum Gasteiger partial charge on any atom is -0.301 e. The van der Waals surface area contributed by atoms with Crippen molar-refractivity contribution in [2.24, 2.45) is 0 Å². The Balaban J connectivity index is 1.20. The third-order valence-corrected chi connectivity index (χ3v) is 7.11. The van der Waals surface area contributed by atoms with Gasteiger partial charge in [-0.2, -0.15) is 5.10 Å². The molecule has 5 rings (SSSR count). The van der Waals surface area contributed by atoms with Crippen molar-refractivity contribution in [2.45, 2.75) is 25.9 Å². The first kappa shape index (κ1) is 24.6. The van der Waals surface area contributed by atoms with E-state index in [1.807, 2.05) is 36.4 Å². The van der Waals surface area contributed by atoms with E-state index in [2.05, 4.69) is 21.9 Å². The Kier molecular flexibility index (Phi) is 7.75. The molecule has 7 heteroatoms. The highest BCUT2D eigenvalue weighted by Gasteiger charge is 2.17. The molecule has 0 radical (unpaired) electrons. The second kappa shape index (κ2) is 11.3. The predicted octanol–water partition coefficient (Wildman–Crippen LogP) is 4.99. The Bertz CT molecular complexity index is 1360. The third-order valence-electron chi connectivity index (χ3n) is 6.86. The van der Waals surface area contributed by atoms with Crippen LogP contribution in [0.15, 0.2) is 77.6 Å². The number of aryl methyl sites for hydroxylation is 1. The van der Waals surface area contributed by atoms with Crippen molar-refractivity contribution in [3.8, 4) is 0 Å². The van der Waals surface area contributed by atoms with Crippen molar-refractivity contribution in [3.63, 3.8) is 0 Å². The maximum absolute atomic E-state index is 13.3. The van der Waals surface area contributed by atoms with Crippen molar-refractivity contribution in [3.05, 3.63) is 111 Å². The molecule has 1 aliphatic heterocycles. The van der Waals surface area contributed by atoms with Crippen LogP contribution in [0.1, 0.15) is 23.2 Å². The van der Waals surface area contributed by atoms with E-state index in [4.69, 9.17) is 16.7 Å². The standard InChI is InChI=1S/C29H30ClFN4O/c30-24-10-6-23(7-11-24)21-34-18-16-33(17-19-34)14-3-15-35-29(36)27-5-2-1-4-26(27)28(32-35)20-22-8-12-25(31)13-9-22/h1-2,4-13H,3,14-21H2. The molecule has 3 aromatic carbocycles. The van der Waals surface area contributed by atoms with Gasteiger partial charge in [-0.15, -0.1) is 0 Å². The van der Waals surface area contributed by atoms with Gasteiger partial charge in [-0.05, 0) is 47.9 Å². The summed E-state index contributed by atoms with van der Waals surface area (Å²) in [6, 6.07) is 22.2. The SMILES string of the molecule is O=c1c2ccccc2c(Cc2ccc(F)cc2)nn1CCCN1CCN(Cc2ccc(Cl)cc2)CC1. The summed E-state index contributed by atoms with van der Waals surface area (Å²) in [4.78, 5) is 18.1. The van der Waals surface area contributed by atoms with Crippen molar-refractivity contribution in [1.29, 1.82) is 0 Å². The molecule has 4 aromatic rings. The molecule has 1 fully saturated rings. The van der Waals surface area contributed by atoms with E-state index in [9.17, 15) is 9.18 Å². The molecule has 1 saturated heterocycles. The number of nitrogens with zero attached hydrogens (tertiary/aromatic N) is 4. The Hall–Kier alpha value is -3.06. The molecule has 36 heavy (non-hydrogen) atoms. The van der Waals surface area contributed by atoms with E-state index >= 15 is 0 Å². The molecular weight excluding hydrogens is 475 g/mol. The molecular formula is C29H30ClFN4O. The second-order valence-electron chi connectivity index (χ2n) is 9.42. The fraction of sp³-hybridized carbons (Fsp3) is 0.310. The lowest BCUT2D eigenvalue weighted by Gasteiger charge is -2.34. The normalized spacial score (nSPS) is 14.9. The fourth-order valence-corrected chi connectivity index (χ4v) is 4.97. The molecule has 5 nitrogen and oxygen atoms in total. The smallest absolute Gasteiger partial charge is 0.274 e. The summed E-state index contributed by atoms with van der Waals surface area (Å²) in [5.74, 6) is -0.257. The zero-order valence-corrected chi connectivity index (χ0v) is 21.0. The quantitative estimate of drug-likeness (QED) is 0.339. The van der Waals surface area contributed by atoms with Gasteiger partial charge in [0.15, 0.2) is 0 Å². The lowest BCUT2D eigenvalue weighted by Crippen LogP contribution is -2.46. The number of aromatic nitrogens is 2. The van der Waals surface area contributed by atoms with E-state index in [1.54, 1.807) is 16.8 Å². The van der Waals surface area contributed by atoms with E-state index in [1.165, 1.54) is 17.7 Å². The first-order chi connectivity index (χ1) is 17.5. The summed E-state index contributed by atoms with van der Waals surface area (Å²) in [5.41, 5.74) is 3.04. The van der Waals surface area contributed by atoms with Gasteiger partial charge in [-0.1, -0.05) is 54.1 Å². The summed E-state index contributed by atoms with van der Waals surface area (Å²) in [6.07, 6.45) is 1.41. The molecule has 0 N–H and O–H groups in total. The van der Waals surface area contributed by atoms with E-state index < -0.39 is 0 Å². The molecule has 0 bridgehead atoms. The largest absolute Gasteiger partial charge is 0.301 e. The number of rotatable bonds is 8. The maximum atomic E-state index is 13.3. The summed E-state index contributed by atoms with van der Waals surface area (Å²) in [5, 5.41) is 7.05. The van der Waals surface area contributed by atoms with Gasteiger partial charge in [-0.25, -0.2) is 9.07 Å². The average Bonchev–Trinajstić information content (AvgIpc) is 2.90. The average molecular weight is 505 g/mol. The van der Waals surface area contributed by atoms with Gasteiger partial charge in [0.1, 0.15) is 5.82 Å². The van der Waals surface area contributed by atoms with Crippen LogP contribution in [0, 0.1) is 5.82 Å². The highest BCUT2D eigenvalue weighted by molar-refractivity contribution is 6.30. The number of hydrogen-bond acceptors (Lipinski definition) is 4. The van der Waals surface area contributed by atoms with Crippen LogP contribution < -0.4 is 5.56 Å². The highest BCUT2D eigenvalue weighted by atomic mass is 35.5. The zero-order chi connectivity index (χ0) is 24.9. The van der Waals surface area contributed by atoms with Crippen LogP contribution in [0.25, 0.3) is 10.8 Å². The molecule has 0 amide bonds. The van der Waals surface area contributed by atoms with Crippen molar-refractivity contribution in [1.82, 2.24) is 19.6 Å². The molecule has 0 atom stereocenters. The number of fused-ring (bicyclic) bond motifs is 1. The monoisotopic (exact) mass is 504 g/mol. The predicted molar refractivity (Wildman–Crippen MR) is 143 cm³/mol. The van der Waals surface area contributed by atoms with Gasteiger partial charge in [0, 0.05) is 62.6 Å².